The van der Waals surface area contributed by atoms with Crippen LogP contribution in [-0.4, -0.2) is 57.4 Å². The van der Waals surface area contributed by atoms with E-state index in [2.05, 4.69) is 63.3 Å². The summed E-state index contributed by atoms with van der Waals surface area (Å²) in [5.41, 5.74) is 0. The van der Waals surface area contributed by atoms with Crippen molar-refractivity contribution in [1.29, 1.82) is 0 Å². The van der Waals surface area contributed by atoms with Crippen molar-refractivity contribution in [1.82, 2.24) is 25.0 Å². The number of amides is 1. The van der Waals surface area contributed by atoms with Gasteiger partial charge in [-0.2, -0.15) is 0 Å². The summed E-state index contributed by atoms with van der Waals surface area (Å²) < 4.78 is 7.88. The number of carbonyl (C=O) groups is 1. The Hall–Kier alpha value is -1.77. The van der Waals surface area contributed by atoms with Gasteiger partial charge in [-0.25, -0.2) is 0 Å². The summed E-state index contributed by atoms with van der Waals surface area (Å²) in [7, 11) is 0. The van der Waals surface area contributed by atoms with Crippen LogP contribution in [-0.2, 0) is 9.53 Å². The third-order valence-electron chi connectivity index (χ3n) is 8.10. The number of hydrogen-bond donors (Lipinski definition) is 1. The minimum Gasteiger partial charge on any atom is -0.381 e. The number of hydrogen-bond acceptors (Lipinski definition) is 6. The van der Waals surface area contributed by atoms with E-state index in [1.54, 1.807) is 11.3 Å². The molecule has 5 rings (SSSR count). The molecule has 0 aromatic carbocycles. The van der Waals surface area contributed by atoms with E-state index in [9.17, 15) is 4.79 Å². The number of ether oxygens (including phenoxy) is 1. The number of nitrogens with one attached hydrogen (secondary N) is 1. The normalized spacial score (nSPS) is 26.8. The molecule has 0 aliphatic carbocycles. The van der Waals surface area contributed by atoms with Crippen LogP contribution in [0, 0.1) is 12.8 Å². The summed E-state index contributed by atoms with van der Waals surface area (Å²) in [4.78, 5) is 17.0. The van der Waals surface area contributed by atoms with E-state index < -0.39 is 0 Å². The Bertz CT molecular complexity index is 939. The van der Waals surface area contributed by atoms with E-state index in [4.69, 9.17) is 4.74 Å². The van der Waals surface area contributed by atoms with Crippen LogP contribution in [0.15, 0.2) is 17.5 Å². The fourth-order valence-electron chi connectivity index (χ4n) is 6.35. The highest BCUT2D eigenvalue weighted by Gasteiger charge is 2.42. The van der Waals surface area contributed by atoms with Gasteiger partial charge in [0.05, 0.1) is 6.04 Å². The van der Waals surface area contributed by atoms with Gasteiger partial charge in [0.25, 0.3) is 0 Å². The molecule has 2 unspecified atom stereocenters. The molecule has 8 heteroatoms. The Morgan fingerprint density at radius 2 is 1.88 bits per heavy atom. The van der Waals surface area contributed by atoms with Gasteiger partial charge in [-0.3, -0.25) is 9.69 Å². The number of nitrogens with zero attached hydrogens (tertiary/aromatic N) is 4. The Morgan fingerprint density at radius 3 is 2.53 bits per heavy atom. The van der Waals surface area contributed by atoms with Gasteiger partial charge >= 0.3 is 0 Å². The van der Waals surface area contributed by atoms with Gasteiger partial charge < -0.3 is 14.6 Å². The van der Waals surface area contributed by atoms with Gasteiger partial charge in [0.15, 0.2) is 0 Å². The lowest BCUT2D eigenvalue weighted by molar-refractivity contribution is -0.128. The lowest BCUT2D eigenvalue weighted by Gasteiger charge is -2.40. The van der Waals surface area contributed by atoms with Crippen molar-refractivity contribution >= 4 is 17.2 Å². The lowest BCUT2D eigenvalue weighted by Crippen LogP contribution is -2.45. The maximum atomic E-state index is 13.0. The first-order valence-corrected chi connectivity index (χ1v) is 14.0. The molecule has 5 heterocycles. The average Bonchev–Trinajstić information content (AvgIpc) is 3.55. The lowest BCUT2D eigenvalue weighted by atomic mass is 9.95. The third-order valence-corrected chi connectivity index (χ3v) is 9.09. The molecule has 1 amide bonds. The van der Waals surface area contributed by atoms with Crippen LogP contribution < -0.4 is 5.32 Å². The average molecular weight is 486 g/mol. The highest BCUT2D eigenvalue weighted by atomic mass is 32.1. The molecule has 2 bridgehead atoms. The molecule has 3 atom stereocenters. The Balaban J connectivity index is 1.23. The molecule has 0 saturated carbocycles. The maximum absolute atomic E-state index is 13.0. The molecule has 2 aromatic rings. The third kappa shape index (κ3) is 4.95. The minimum atomic E-state index is 0.0883. The molecule has 3 aliphatic rings. The first-order chi connectivity index (χ1) is 16.5. The number of fused-ring (bicyclic) bond motifs is 2. The van der Waals surface area contributed by atoms with Gasteiger partial charge in [-0.05, 0) is 63.3 Å². The minimum absolute atomic E-state index is 0.0883. The van der Waals surface area contributed by atoms with Gasteiger partial charge in [-0.1, -0.05) is 19.9 Å². The van der Waals surface area contributed by atoms with Crippen LogP contribution in [0.4, 0.5) is 0 Å². The molecule has 0 spiro atoms. The molecule has 2 aromatic heterocycles. The van der Waals surface area contributed by atoms with E-state index in [-0.39, 0.29) is 17.9 Å². The first kappa shape index (κ1) is 23.9. The zero-order valence-corrected chi connectivity index (χ0v) is 21.6. The largest absolute Gasteiger partial charge is 0.381 e. The van der Waals surface area contributed by atoms with Crippen molar-refractivity contribution in [2.75, 3.05) is 19.8 Å². The summed E-state index contributed by atoms with van der Waals surface area (Å²) in [6.07, 6.45) is 7.54. The van der Waals surface area contributed by atoms with Crippen molar-refractivity contribution in [3.63, 3.8) is 0 Å². The second-order valence-corrected chi connectivity index (χ2v) is 11.6. The summed E-state index contributed by atoms with van der Waals surface area (Å²) in [6, 6.07) is 6.09. The molecule has 3 fully saturated rings. The van der Waals surface area contributed by atoms with E-state index in [0.717, 1.165) is 37.5 Å². The van der Waals surface area contributed by atoms with E-state index >= 15 is 0 Å². The number of rotatable bonds is 8. The van der Waals surface area contributed by atoms with Crippen molar-refractivity contribution in [3.8, 4) is 0 Å². The predicted octanol–water partition coefficient (Wildman–Crippen LogP) is 4.61. The maximum Gasteiger partial charge on any atom is 0.223 e. The smallest absolute Gasteiger partial charge is 0.223 e. The highest BCUT2D eigenvalue weighted by molar-refractivity contribution is 7.10. The van der Waals surface area contributed by atoms with Crippen LogP contribution in [0.25, 0.3) is 0 Å². The molecular formula is C26H39N5O2S. The van der Waals surface area contributed by atoms with E-state index in [0.29, 0.717) is 37.3 Å². The van der Waals surface area contributed by atoms with Gasteiger partial charge in [-0.15, -0.1) is 21.5 Å². The van der Waals surface area contributed by atoms with Gasteiger partial charge in [0.1, 0.15) is 11.6 Å². The van der Waals surface area contributed by atoms with Crippen molar-refractivity contribution in [3.05, 3.63) is 34.0 Å². The van der Waals surface area contributed by atoms with Crippen LogP contribution >= 0.6 is 11.3 Å². The number of aryl methyl sites for hydroxylation is 1. The second kappa shape index (κ2) is 10.5. The number of carbonyl (C=O) groups excluding carboxylic acids is 1. The fraction of sp³-hybridized carbons (Fsp3) is 0.731. The van der Waals surface area contributed by atoms with E-state index in [1.807, 2.05) is 0 Å². The zero-order valence-electron chi connectivity index (χ0n) is 20.8. The second-order valence-electron chi connectivity index (χ2n) is 10.6. The monoisotopic (exact) mass is 485 g/mol. The predicted molar refractivity (Wildman–Crippen MR) is 134 cm³/mol. The topological polar surface area (TPSA) is 72.3 Å². The van der Waals surface area contributed by atoms with Crippen molar-refractivity contribution in [2.24, 2.45) is 5.92 Å². The Labute approximate surface area is 207 Å². The molecule has 3 saturated heterocycles. The fourth-order valence-corrected chi connectivity index (χ4v) is 7.17. The molecular weight excluding hydrogens is 446 g/mol. The van der Waals surface area contributed by atoms with Gasteiger partial charge in [0, 0.05) is 54.6 Å². The summed E-state index contributed by atoms with van der Waals surface area (Å²) >= 11 is 1.75. The van der Waals surface area contributed by atoms with E-state index in [1.165, 1.54) is 30.6 Å². The summed E-state index contributed by atoms with van der Waals surface area (Å²) in [6.45, 7) is 8.96. The summed E-state index contributed by atoms with van der Waals surface area (Å²) in [5, 5.41) is 14.4. The van der Waals surface area contributed by atoms with Crippen LogP contribution in [0.3, 0.4) is 0 Å². The van der Waals surface area contributed by atoms with Gasteiger partial charge in [0.2, 0.25) is 5.91 Å². The molecule has 3 aliphatic heterocycles. The highest BCUT2D eigenvalue weighted by Crippen LogP contribution is 2.42. The zero-order chi connectivity index (χ0) is 23.7. The number of aromatic nitrogens is 3. The Kier molecular flexibility index (Phi) is 7.37. The van der Waals surface area contributed by atoms with Crippen LogP contribution in [0.1, 0.15) is 93.3 Å². The number of thiophene rings is 1. The molecule has 1 N–H and O–H groups in total. The SMILES string of the molecule is Cc1nnc(C(C)C)n1C1CC2CCC(C1)N2CC[C@H](NC(=O)C1CCOCC1)c1cccs1. The quantitative estimate of drug-likeness (QED) is 0.591. The number of piperidine rings is 1. The summed E-state index contributed by atoms with van der Waals surface area (Å²) in [5.74, 6) is 2.86. The Morgan fingerprint density at radius 1 is 1.15 bits per heavy atom. The van der Waals surface area contributed by atoms with Crippen molar-refractivity contribution in [2.45, 2.75) is 95.8 Å². The standard InChI is InChI=1S/C26H39N5O2S/c1-17(2)25-29-28-18(3)31(25)22-15-20-6-7-21(16-22)30(20)11-8-23(24-5-4-14-34-24)27-26(32)19-9-12-33-13-10-19/h4-5,14,17,19-23H,6-13,15-16H2,1-3H3,(H,27,32)/t20?,21?,22?,23-/m0/s1. The first-order valence-electron chi connectivity index (χ1n) is 13.1. The van der Waals surface area contributed by atoms with Crippen LogP contribution in [0.2, 0.25) is 0 Å². The van der Waals surface area contributed by atoms with Crippen molar-refractivity contribution < 1.29 is 9.53 Å². The molecule has 34 heavy (non-hydrogen) atoms. The molecule has 7 nitrogen and oxygen atoms in total. The van der Waals surface area contributed by atoms with Crippen LogP contribution in [0.5, 0.6) is 0 Å². The molecule has 0 radical (unpaired) electrons. The molecule has 186 valence electrons.